The van der Waals surface area contributed by atoms with Crippen molar-refractivity contribution in [1.82, 2.24) is 25.2 Å². The van der Waals surface area contributed by atoms with Gasteiger partial charge < -0.3 is 5.32 Å². The monoisotopic (exact) mass is 329 g/mol. The molecule has 0 amide bonds. The van der Waals surface area contributed by atoms with Gasteiger partial charge in [-0.2, -0.15) is 5.10 Å². The van der Waals surface area contributed by atoms with Crippen molar-refractivity contribution in [3.63, 3.8) is 0 Å². The molecule has 0 fully saturated rings. The van der Waals surface area contributed by atoms with Crippen LogP contribution < -0.4 is 10.0 Å². The minimum absolute atomic E-state index is 0.124. The molecule has 0 aliphatic carbocycles. The molecule has 2 rings (SSSR count). The Bertz CT molecular complexity index is 677. The highest BCUT2D eigenvalue weighted by atomic mass is 32.2. The number of hydrogen-bond acceptors (Lipinski definition) is 6. The third-order valence-electron chi connectivity index (χ3n) is 2.81. The lowest BCUT2D eigenvalue weighted by Gasteiger charge is -2.06. The fraction of sp³-hybridized carbons (Fsp3) is 0.500. The minimum atomic E-state index is -3.57. The zero-order chi connectivity index (χ0) is 15.3. The Balaban J connectivity index is 1.96. The van der Waals surface area contributed by atoms with Crippen molar-refractivity contribution in [2.24, 2.45) is 0 Å². The summed E-state index contributed by atoms with van der Waals surface area (Å²) < 4.78 is 27.1. The number of hydrogen-bond donors (Lipinski definition) is 3. The second kappa shape index (κ2) is 7.12. The molecule has 21 heavy (non-hydrogen) atoms. The Morgan fingerprint density at radius 2 is 2.24 bits per heavy atom. The zero-order valence-corrected chi connectivity index (χ0v) is 13.6. The van der Waals surface area contributed by atoms with Crippen LogP contribution in [0.5, 0.6) is 0 Å². The number of aromatic nitrogens is 3. The van der Waals surface area contributed by atoms with E-state index in [4.69, 9.17) is 0 Å². The summed E-state index contributed by atoms with van der Waals surface area (Å²) in [7, 11) is -3.57. The van der Waals surface area contributed by atoms with E-state index in [0.29, 0.717) is 25.1 Å². The van der Waals surface area contributed by atoms with Crippen LogP contribution in [0.25, 0.3) is 0 Å². The largest absolute Gasteiger partial charge is 0.313 e. The molecular weight excluding hydrogens is 310 g/mol. The first kappa shape index (κ1) is 16.1. The summed E-state index contributed by atoms with van der Waals surface area (Å²) in [5.74, 6) is 0. The van der Waals surface area contributed by atoms with Crippen LogP contribution in [0, 0.1) is 6.92 Å². The van der Waals surface area contributed by atoms with Gasteiger partial charge in [0.25, 0.3) is 10.0 Å². The summed E-state index contributed by atoms with van der Waals surface area (Å²) in [5.41, 5.74) is 1.59. The highest BCUT2D eigenvalue weighted by molar-refractivity contribution is 7.89. The molecule has 2 aromatic heterocycles. The van der Waals surface area contributed by atoms with E-state index in [1.807, 2.05) is 19.2 Å². The van der Waals surface area contributed by atoms with E-state index in [9.17, 15) is 8.42 Å². The van der Waals surface area contributed by atoms with Crippen LogP contribution in [0.4, 0.5) is 0 Å². The number of H-pyrrole nitrogens is 1. The van der Waals surface area contributed by atoms with Crippen LogP contribution in [-0.2, 0) is 23.0 Å². The van der Waals surface area contributed by atoms with Gasteiger partial charge in [-0.3, -0.25) is 5.10 Å². The molecule has 2 aromatic rings. The smallest absolute Gasteiger partial charge is 0.257 e. The van der Waals surface area contributed by atoms with Gasteiger partial charge in [0.05, 0.1) is 11.2 Å². The molecule has 116 valence electrons. The Kier molecular flexibility index (Phi) is 5.45. The first-order valence-corrected chi connectivity index (χ1v) is 9.03. The van der Waals surface area contributed by atoms with E-state index >= 15 is 0 Å². The maximum atomic E-state index is 12.2. The second-order valence-corrected chi connectivity index (χ2v) is 7.18. The molecule has 0 bridgehead atoms. The Morgan fingerprint density at radius 1 is 1.43 bits per heavy atom. The molecule has 0 unspecified atom stereocenters. The standard InChI is InChI=1S/C12H19N5O2S2/c1-3-13-6-10-7-14-17-12(10)21(18,19)15-5-4-11-16-9(2)8-20-11/h7-8,13,15H,3-6H2,1-2H3,(H,14,17). The Labute approximate surface area is 128 Å². The van der Waals surface area contributed by atoms with Gasteiger partial charge in [0, 0.05) is 36.1 Å². The normalized spacial score (nSPS) is 11.9. The van der Waals surface area contributed by atoms with E-state index in [0.717, 1.165) is 17.2 Å². The maximum Gasteiger partial charge on any atom is 0.257 e. The van der Waals surface area contributed by atoms with E-state index in [2.05, 4.69) is 25.2 Å². The molecule has 2 heterocycles. The maximum absolute atomic E-state index is 12.2. The molecular formula is C12H19N5O2S2. The number of aromatic amines is 1. The van der Waals surface area contributed by atoms with Crippen molar-refractivity contribution < 1.29 is 8.42 Å². The predicted molar refractivity (Wildman–Crippen MR) is 81.7 cm³/mol. The third kappa shape index (κ3) is 4.34. The molecule has 7 nitrogen and oxygen atoms in total. The lowest BCUT2D eigenvalue weighted by atomic mass is 10.3. The summed E-state index contributed by atoms with van der Waals surface area (Å²) in [4.78, 5) is 4.30. The van der Waals surface area contributed by atoms with E-state index in [1.54, 1.807) is 0 Å². The van der Waals surface area contributed by atoms with Gasteiger partial charge in [-0.25, -0.2) is 18.1 Å². The Morgan fingerprint density at radius 3 is 2.90 bits per heavy atom. The zero-order valence-electron chi connectivity index (χ0n) is 12.0. The number of nitrogens with one attached hydrogen (secondary N) is 3. The topological polar surface area (TPSA) is 99.8 Å². The minimum Gasteiger partial charge on any atom is -0.313 e. The molecule has 0 aromatic carbocycles. The van der Waals surface area contributed by atoms with Crippen molar-refractivity contribution >= 4 is 21.4 Å². The molecule has 0 atom stereocenters. The van der Waals surface area contributed by atoms with Gasteiger partial charge in [-0.1, -0.05) is 6.92 Å². The molecule has 0 spiro atoms. The number of nitrogens with zero attached hydrogens (tertiary/aromatic N) is 2. The molecule has 0 saturated heterocycles. The fourth-order valence-electron chi connectivity index (χ4n) is 1.80. The SMILES string of the molecule is CCNCc1cn[nH]c1S(=O)(=O)NCCc1nc(C)cs1. The quantitative estimate of drug-likeness (QED) is 0.665. The average Bonchev–Trinajstić information content (AvgIpc) is 3.05. The van der Waals surface area contributed by atoms with E-state index in [1.165, 1.54) is 17.5 Å². The molecule has 3 N–H and O–H groups in total. The fourth-order valence-corrected chi connectivity index (χ4v) is 3.73. The number of aryl methyl sites for hydroxylation is 1. The molecule has 0 aliphatic heterocycles. The highest BCUT2D eigenvalue weighted by Gasteiger charge is 2.20. The number of sulfonamides is 1. The van der Waals surface area contributed by atoms with Gasteiger partial charge in [-0.15, -0.1) is 11.3 Å². The third-order valence-corrected chi connectivity index (χ3v) is 5.31. The first-order chi connectivity index (χ1) is 10.0. The summed E-state index contributed by atoms with van der Waals surface area (Å²) in [6.07, 6.45) is 2.11. The summed E-state index contributed by atoms with van der Waals surface area (Å²) in [6, 6.07) is 0. The summed E-state index contributed by atoms with van der Waals surface area (Å²) in [5, 5.41) is 12.5. The van der Waals surface area contributed by atoms with Crippen LogP contribution in [0.3, 0.4) is 0 Å². The van der Waals surface area contributed by atoms with Crippen molar-refractivity contribution in [2.45, 2.75) is 31.8 Å². The lowest BCUT2D eigenvalue weighted by molar-refractivity contribution is 0.574. The van der Waals surface area contributed by atoms with Gasteiger partial charge in [0.2, 0.25) is 0 Å². The van der Waals surface area contributed by atoms with Crippen LogP contribution in [-0.4, -0.2) is 36.7 Å². The Hall–Kier alpha value is -1.29. The molecule has 9 heteroatoms. The van der Waals surface area contributed by atoms with Crippen molar-refractivity contribution in [2.75, 3.05) is 13.1 Å². The summed E-state index contributed by atoms with van der Waals surface area (Å²) >= 11 is 1.54. The van der Waals surface area contributed by atoms with Gasteiger partial charge in [0.1, 0.15) is 0 Å². The average molecular weight is 329 g/mol. The van der Waals surface area contributed by atoms with Crippen LogP contribution >= 0.6 is 11.3 Å². The van der Waals surface area contributed by atoms with Gasteiger partial charge >= 0.3 is 0 Å². The van der Waals surface area contributed by atoms with Crippen molar-refractivity contribution in [1.29, 1.82) is 0 Å². The van der Waals surface area contributed by atoms with Gasteiger partial charge in [0.15, 0.2) is 5.03 Å². The van der Waals surface area contributed by atoms with E-state index in [-0.39, 0.29) is 5.03 Å². The van der Waals surface area contributed by atoms with Gasteiger partial charge in [-0.05, 0) is 13.5 Å². The van der Waals surface area contributed by atoms with Crippen molar-refractivity contribution in [3.05, 3.63) is 27.8 Å². The van der Waals surface area contributed by atoms with Crippen LogP contribution in [0.2, 0.25) is 0 Å². The van der Waals surface area contributed by atoms with Crippen LogP contribution in [0.1, 0.15) is 23.2 Å². The molecule has 0 saturated carbocycles. The first-order valence-electron chi connectivity index (χ1n) is 6.66. The highest BCUT2D eigenvalue weighted by Crippen LogP contribution is 2.12. The van der Waals surface area contributed by atoms with E-state index < -0.39 is 10.0 Å². The molecule has 0 aliphatic rings. The second-order valence-electron chi connectivity index (χ2n) is 4.54. The number of rotatable bonds is 8. The lowest BCUT2D eigenvalue weighted by Crippen LogP contribution is -2.27. The molecule has 0 radical (unpaired) electrons. The number of thiazole rings is 1. The predicted octanol–water partition coefficient (Wildman–Crippen LogP) is 0.805. The van der Waals surface area contributed by atoms with Crippen molar-refractivity contribution in [3.8, 4) is 0 Å². The van der Waals surface area contributed by atoms with Crippen LogP contribution in [0.15, 0.2) is 16.6 Å². The summed E-state index contributed by atoms with van der Waals surface area (Å²) in [6.45, 7) is 5.43.